The van der Waals surface area contributed by atoms with E-state index in [1.54, 1.807) is 40.3 Å². The van der Waals surface area contributed by atoms with Gasteiger partial charge in [-0.15, -0.1) is 0 Å². The van der Waals surface area contributed by atoms with E-state index in [4.69, 9.17) is 9.31 Å². The molecule has 1 aliphatic heterocycles. The maximum absolute atomic E-state index is 6.01. The number of pyridine rings is 2. The molecule has 164 valence electrons. The molecule has 8 nitrogen and oxygen atoms in total. The van der Waals surface area contributed by atoms with Gasteiger partial charge in [0.1, 0.15) is 0 Å². The number of halogens is 1. The third kappa shape index (κ3) is 4.92. The molecule has 5 rings (SSSR count). The van der Waals surface area contributed by atoms with E-state index in [0.29, 0.717) is 0 Å². The highest BCUT2D eigenvalue weighted by Gasteiger charge is 2.52. The summed E-state index contributed by atoms with van der Waals surface area (Å²) in [7, 11) is -0.384. The van der Waals surface area contributed by atoms with Crippen LogP contribution in [0.2, 0.25) is 0 Å². The summed E-state index contributed by atoms with van der Waals surface area (Å²) in [6.07, 6.45) is 14.5. The molecular weight excluding hydrogens is 518 g/mol. The second-order valence-electron chi connectivity index (χ2n) is 8.33. The van der Waals surface area contributed by atoms with E-state index in [1.807, 2.05) is 70.6 Å². The Morgan fingerprint density at radius 1 is 0.781 bits per heavy atom. The summed E-state index contributed by atoms with van der Waals surface area (Å²) >= 11 is 2.22. The van der Waals surface area contributed by atoms with Crippen LogP contribution in [0.15, 0.2) is 73.8 Å². The quantitative estimate of drug-likeness (QED) is 0.292. The van der Waals surface area contributed by atoms with Gasteiger partial charge in [-0.3, -0.25) is 9.97 Å². The standard InChI is InChI=1S/C14H18BN3O2.C8H6IN3/c1-13(2)14(3,4)20-15(19-13)11-8-17-18(10-11)12-6-5-7-16-9-12;9-7-4-11-12(6-7)8-2-1-3-10-5-8/h5-10H,1-4H3;1-6H. The number of aromatic nitrogens is 6. The molecule has 4 aromatic heterocycles. The first-order valence-electron chi connectivity index (χ1n) is 10.2. The minimum Gasteiger partial charge on any atom is -0.399 e. The van der Waals surface area contributed by atoms with Crippen LogP contribution in [0.5, 0.6) is 0 Å². The van der Waals surface area contributed by atoms with E-state index in [2.05, 4.69) is 42.8 Å². The lowest BCUT2D eigenvalue weighted by Crippen LogP contribution is -2.41. The van der Waals surface area contributed by atoms with Gasteiger partial charge in [0.05, 0.1) is 44.7 Å². The molecule has 10 heteroatoms. The smallest absolute Gasteiger partial charge is 0.399 e. The Morgan fingerprint density at radius 2 is 1.31 bits per heavy atom. The van der Waals surface area contributed by atoms with Gasteiger partial charge in [-0.05, 0) is 74.6 Å². The highest BCUT2D eigenvalue weighted by Crippen LogP contribution is 2.36. The van der Waals surface area contributed by atoms with E-state index in [9.17, 15) is 0 Å². The third-order valence-corrected chi connectivity index (χ3v) is 6.06. The lowest BCUT2D eigenvalue weighted by atomic mass is 9.82. The number of hydrogen-bond acceptors (Lipinski definition) is 6. The predicted octanol–water partition coefficient (Wildman–Crippen LogP) is 3.44. The van der Waals surface area contributed by atoms with E-state index >= 15 is 0 Å². The summed E-state index contributed by atoms with van der Waals surface area (Å²) in [6.45, 7) is 8.16. The van der Waals surface area contributed by atoms with Crippen LogP contribution in [0, 0.1) is 3.57 Å². The molecule has 0 N–H and O–H groups in total. The van der Waals surface area contributed by atoms with Crippen LogP contribution in [-0.2, 0) is 9.31 Å². The minimum absolute atomic E-state index is 0.339. The van der Waals surface area contributed by atoms with Crippen molar-refractivity contribution in [1.82, 2.24) is 29.5 Å². The van der Waals surface area contributed by atoms with Crippen molar-refractivity contribution < 1.29 is 9.31 Å². The molecule has 0 spiro atoms. The molecule has 1 aliphatic rings. The van der Waals surface area contributed by atoms with Crippen LogP contribution in [0.25, 0.3) is 11.4 Å². The lowest BCUT2D eigenvalue weighted by Gasteiger charge is -2.32. The molecule has 0 unspecified atom stereocenters. The van der Waals surface area contributed by atoms with Crippen molar-refractivity contribution in [2.75, 3.05) is 0 Å². The highest BCUT2D eigenvalue weighted by molar-refractivity contribution is 14.1. The van der Waals surface area contributed by atoms with Crippen LogP contribution < -0.4 is 5.46 Å². The number of rotatable bonds is 3. The Labute approximate surface area is 201 Å². The fraction of sp³-hybridized carbons (Fsp3) is 0.273. The van der Waals surface area contributed by atoms with E-state index < -0.39 is 0 Å². The van der Waals surface area contributed by atoms with Crippen molar-refractivity contribution in [3.63, 3.8) is 0 Å². The Kier molecular flexibility index (Phi) is 6.45. The zero-order valence-electron chi connectivity index (χ0n) is 18.4. The van der Waals surface area contributed by atoms with Crippen molar-refractivity contribution in [3.8, 4) is 11.4 Å². The summed E-state index contributed by atoms with van der Waals surface area (Å²) in [5, 5.41) is 8.50. The zero-order chi connectivity index (χ0) is 22.8. The molecule has 1 fully saturated rings. The molecule has 0 aliphatic carbocycles. The molecule has 0 atom stereocenters. The van der Waals surface area contributed by atoms with Crippen molar-refractivity contribution >= 4 is 35.2 Å². The molecule has 4 aromatic rings. The summed E-state index contributed by atoms with van der Waals surface area (Å²) in [5.74, 6) is 0. The molecule has 0 radical (unpaired) electrons. The van der Waals surface area contributed by atoms with Crippen LogP contribution in [-0.4, -0.2) is 47.8 Å². The monoisotopic (exact) mass is 542 g/mol. The first kappa shape index (κ1) is 22.6. The lowest BCUT2D eigenvalue weighted by molar-refractivity contribution is 0.00578. The van der Waals surface area contributed by atoms with Crippen LogP contribution in [0.1, 0.15) is 27.7 Å². The van der Waals surface area contributed by atoms with E-state index in [1.165, 1.54) is 0 Å². The second-order valence-corrected chi connectivity index (χ2v) is 9.58. The largest absolute Gasteiger partial charge is 0.498 e. The highest BCUT2D eigenvalue weighted by atomic mass is 127. The third-order valence-electron chi connectivity index (χ3n) is 5.50. The zero-order valence-corrected chi connectivity index (χ0v) is 20.5. The van der Waals surface area contributed by atoms with Crippen molar-refractivity contribution in [1.29, 1.82) is 0 Å². The molecule has 0 amide bonds. The topological polar surface area (TPSA) is 79.9 Å². The molecular formula is C22H24BIN6O2. The molecule has 0 saturated carbocycles. The fourth-order valence-corrected chi connectivity index (χ4v) is 3.39. The van der Waals surface area contributed by atoms with Gasteiger partial charge in [0.2, 0.25) is 0 Å². The van der Waals surface area contributed by atoms with Crippen molar-refractivity contribution in [2.45, 2.75) is 38.9 Å². The first-order valence-corrected chi connectivity index (χ1v) is 11.2. The molecule has 0 aromatic carbocycles. The van der Waals surface area contributed by atoms with Gasteiger partial charge in [0, 0.05) is 36.4 Å². The second kappa shape index (κ2) is 9.12. The molecule has 1 saturated heterocycles. The molecule has 5 heterocycles. The SMILES string of the molecule is CC1(C)OB(c2cnn(-c3cccnc3)c2)OC1(C)C.Ic1cnn(-c2cccnc2)c1. The van der Waals surface area contributed by atoms with Crippen LogP contribution in [0.4, 0.5) is 0 Å². The summed E-state index contributed by atoms with van der Waals surface area (Å²) in [5.41, 5.74) is 2.13. The van der Waals surface area contributed by atoms with Gasteiger partial charge in [-0.2, -0.15) is 10.2 Å². The average Bonchev–Trinajstić information content (AvgIpc) is 3.48. The summed E-state index contributed by atoms with van der Waals surface area (Å²) in [6, 6.07) is 7.69. The maximum Gasteiger partial charge on any atom is 0.498 e. The Hall–Kier alpha value is -2.57. The summed E-state index contributed by atoms with van der Waals surface area (Å²) < 4.78 is 16.7. The minimum atomic E-state index is -0.384. The average molecular weight is 542 g/mol. The Bertz CT molecular complexity index is 1150. The Balaban J connectivity index is 0.000000174. The van der Waals surface area contributed by atoms with Gasteiger partial charge in [-0.1, -0.05) is 0 Å². The van der Waals surface area contributed by atoms with Crippen LogP contribution >= 0.6 is 22.6 Å². The van der Waals surface area contributed by atoms with Crippen molar-refractivity contribution in [3.05, 3.63) is 77.4 Å². The van der Waals surface area contributed by atoms with Gasteiger partial charge in [0.25, 0.3) is 0 Å². The number of nitrogens with zero attached hydrogens (tertiary/aromatic N) is 6. The molecule has 32 heavy (non-hydrogen) atoms. The predicted molar refractivity (Wildman–Crippen MR) is 131 cm³/mol. The van der Waals surface area contributed by atoms with Gasteiger partial charge < -0.3 is 9.31 Å². The molecule has 0 bridgehead atoms. The maximum atomic E-state index is 6.01. The van der Waals surface area contributed by atoms with Gasteiger partial charge in [-0.25, -0.2) is 9.36 Å². The van der Waals surface area contributed by atoms with Gasteiger partial charge >= 0.3 is 7.12 Å². The number of hydrogen-bond donors (Lipinski definition) is 0. The Morgan fingerprint density at radius 3 is 1.78 bits per heavy atom. The van der Waals surface area contributed by atoms with Gasteiger partial charge in [0.15, 0.2) is 0 Å². The summed E-state index contributed by atoms with van der Waals surface area (Å²) in [4.78, 5) is 8.10. The van der Waals surface area contributed by atoms with Crippen molar-refractivity contribution in [2.24, 2.45) is 0 Å². The fourth-order valence-electron chi connectivity index (χ4n) is 3.00. The first-order chi connectivity index (χ1) is 15.2. The van der Waals surface area contributed by atoms with E-state index in [0.717, 1.165) is 20.4 Å². The van der Waals surface area contributed by atoms with E-state index in [-0.39, 0.29) is 18.3 Å². The van der Waals surface area contributed by atoms with Crippen LogP contribution in [0.3, 0.4) is 0 Å². The normalized spacial score (nSPS) is 16.5.